The van der Waals surface area contributed by atoms with Crippen molar-refractivity contribution in [2.75, 3.05) is 0 Å². The Kier molecular flexibility index (Phi) is 4.82. The van der Waals surface area contributed by atoms with E-state index in [9.17, 15) is 0 Å². The second kappa shape index (κ2) is 5.36. The molecule has 0 aromatic carbocycles. The molecule has 13 heavy (non-hydrogen) atoms. The van der Waals surface area contributed by atoms with Crippen molar-refractivity contribution in [2.45, 2.75) is 20.8 Å². The average Bonchev–Trinajstić information content (AvgIpc) is 2.04. The van der Waals surface area contributed by atoms with Gasteiger partial charge in [0.1, 0.15) is 0 Å². The topological polar surface area (TPSA) is 49.9 Å². The predicted molar refractivity (Wildman–Crippen MR) is 58.8 cm³/mol. The van der Waals surface area contributed by atoms with Crippen molar-refractivity contribution in [1.82, 2.24) is 0 Å². The molecule has 0 aromatic heterocycles. The van der Waals surface area contributed by atoms with Crippen LogP contribution in [0.2, 0.25) is 0 Å². The molecule has 0 saturated heterocycles. The fourth-order valence-electron chi connectivity index (χ4n) is 0.721. The molecule has 0 saturated carbocycles. The standard InChI is InChI=1S/C11H18N2/c1-5-6-9(4)11(13)7-10(12)8(2)3/h5-8,12H,1,13H2,2-4H3/b9-6+,11-7-,12-10?. The zero-order valence-corrected chi connectivity index (χ0v) is 8.59. The summed E-state index contributed by atoms with van der Waals surface area (Å²) in [6.45, 7) is 9.43. The third kappa shape index (κ3) is 4.31. The van der Waals surface area contributed by atoms with E-state index in [1.807, 2.05) is 26.8 Å². The summed E-state index contributed by atoms with van der Waals surface area (Å²) in [5, 5.41) is 7.59. The van der Waals surface area contributed by atoms with Crippen molar-refractivity contribution in [2.24, 2.45) is 11.7 Å². The van der Waals surface area contributed by atoms with Gasteiger partial charge in [0.15, 0.2) is 0 Å². The molecule has 0 aliphatic heterocycles. The lowest BCUT2D eigenvalue weighted by Gasteiger charge is -2.04. The highest BCUT2D eigenvalue weighted by atomic mass is 14.6. The summed E-state index contributed by atoms with van der Waals surface area (Å²) < 4.78 is 0. The van der Waals surface area contributed by atoms with E-state index in [0.717, 1.165) is 5.57 Å². The Labute approximate surface area is 80.3 Å². The van der Waals surface area contributed by atoms with Crippen LogP contribution in [-0.4, -0.2) is 5.71 Å². The quantitative estimate of drug-likeness (QED) is 0.504. The van der Waals surface area contributed by atoms with Crippen LogP contribution >= 0.6 is 0 Å². The van der Waals surface area contributed by atoms with E-state index in [0.29, 0.717) is 11.4 Å². The van der Waals surface area contributed by atoms with Gasteiger partial charge in [0, 0.05) is 11.4 Å². The van der Waals surface area contributed by atoms with E-state index in [2.05, 4.69) is 6.58 Å². The maximum atomic E-state index is 7.59. The molecule has 0 fully saturated rings. The van der Waals surface area contributed by atoms with Gasteiger partial charge in [0.2, 0.25) is 0 Å². The minimum Gasteiger partial charge on any atom is -0.398 e. The van der Waals surface area contributed by atoms with Gasteiger partial charge in [-0.2, -0.15) is 0 Å². The number of hydrogen-bond donors (Lipinski definition) is 2. The number of allylic oxidation sites excluding steroid dienone is 4. The van der Waals surface area contributed by atoms with Gasteiger partial charge in [0.05, 0.1) is 0 Å². The van der Waals surface area contributed by atoms with E-state index in [4.69, 9.17) is 11.1 Å². The molecular formula is C11H18N2. The molecule has 0 rings (SSSR count). The van der Waals surface area contributed by atoms with Crippen molar-refractivity contribution in [1.29, 1.82) is 5.41 Å². The largest absolute Gasteiger partial charge is 0.398 e. The Bertz CT molecular complexity index is 257. The molecule has 0 atom stereocenters. The maximum absolute atomic E-state index is 7.59. The Balaban J connectivity index is 4.58. The van der Waals surface area contributed by atoms with E-state index in [-0.39, 0.29) is 5.92 Å². The lowest BCUT2D eigenvalue weighted by Crippen LogP contribution is -2.07. The molecule has 0 radical (unpaired) electrons. The van der Waals surface area contributed by atoms with Gasteiger partial charge in [-0.3, -0.25) is 0 Å². The molecule has 0 amide bonds. The molecule has 0 aromatic rings. The summed E-state index contributed by atoms with van der Waals surface area (Å²) in [5.74, 6) is 0.218. The number of nitrogens with one attached hydrogen (secondary N) is 1. The molecule has 2 nitrogen and oxygen atoms in total. The van der Waals surface area contributed by atoms with Crippen LogP contribution in [0.1, 0.15) is 20.8 Å². The van der Waals surface area contributed by atoms with Crippen LogP contribution in [0.4, 0.5) is 0 Å². The first-order valence-corrected chi connectivity index (χ1v) is 4.34. The molecule has 3 N–H and O–H groups in total. The average molecular weight is 178 g/mol. The minimum absolute atomic E-state index is 0.218. The second-order valence-corrected chi connectivity index (χ2v) is 3.30. The molecule has 0 aliphatic carbocycles. The van der Waals surface area contributed by atoms with Crippen molar-refractivity contribution in [3.63, 3.8) is 0 Å². The van der Waals surface area contributed by atoms with E-state index >= 15 is 0 Å². The number of nitrogens with two attached hydrogens (primary N) is 1. The highest BCUT2D eigenvalue weighted by Gasteiger charge is 2.00. The smallest absolute Gasteiger partial charge is 0.0361 e. The molecule has 2 heteroatoms. The van der Waals surface area contributed by atoms with Gasteiger partial charge in [-0.05, 0) is 24.5 Å². The predicted octanol–water partition coefficient (Wildman–Crippen LogP) is 2.64. The number of rotatable bonds is 4. The van der Waals surface area contributed by atoms with Crippen LogP contribution in [0, 0.1) is 11.3 Å². The van der Waals surface area contributed by atoms with Crippen molar-refractivity contribution < 1.29 is 0 Å². The molecule has 0 bridgehead atoms. The fourth-order valence-corrected chi connectivity index (χ4v) is 0.721. The third-order valence-electron chi connectivity index (χ3n) is 1.76. The van der Waals surface area contributed by atoms with Crippen molar-refractivity contribution in [3.8, 4) is 0 Å². The first-order valence-electron chi connectivity index (χ1n) is 4.34. The van der Waals surface area contributed by atoms with Crippen LogP contribution in [0.5, 0.6) is 0 Å². The van der Waals surface area contributed by atoms with Crippen LogP contribution < -0.4 is 5.73 Å². The van der Waals surface area contributed by atoms with E-state index < -0.39 is 0 Å². The summed E-state index contributed by atoms with van der Waals surface area (Å²) in [6.07, 6.45) is 5.22. The third-order valence-corrected chi connectivity index (χ3v) is 1.76. The maximum Gasteiger partial charge on any atom is 0.0361 e. The molecule has 72 valence electrons. The van der Waals surface area contributed by atoms with Crippen LogP contribution in [0.15, 0.2) is 36.1 Å². The minimum atomic E-state index is 0.218. The monoisotopic (exact) mass is 178 g/mol. The highest BCUT2D eigenvalue weighted by molar-refractivity contribution is 5.94. The van der Waals surface area contributed by atoms with Gasteiger partial charge in [-0.15, -0.1) is 0 Å². The van der Waals surface area contributed by atoms with Crippen molar-refractivity contribution >= 4 is 5.71 Å². The summed E-state index contributed by atoms with van der Waals surface area (Å²) in [6, 6.07) is 0. The first kappa shape index (κ1) is 11.7. The Morgan fingerprint density at radius 1 is 1.46 bits per heavy atom. The Morgan fingerprint density at radius 2 is 2.00 bits per heavy atom. The molecular weight excluding hydrogens is 160 g/mol. The van der Waals surface area contributed by atoms with Gasteiger partial charge in [-0.1, -0.05) is 32.6 Å². The van der Waals surface area contributed by atoms with E-state index in [1.165, 1.54) is 0 Å². The Morgan fingerprint density at radius 3 is 2.38 bits per heavy atom. The lowest BCUT2D eigenvalue weighted by atomic mass is 10.1. The molecule has 0 aliphatic rings. The number of hydrogen-bond acceptors (Lipinski definition) is 2. The van der Waals surface area contributed by atoms with Gasteiger partial charge >= 0.3 is 0 Å². The summed E-state index contributed by atoms with van der Waals surface area (Å²) >= 11 is 0. The van der Waals surface area contributed by atoms with Gasteiger partial charge in [0.25, 0.3) is 0 Å². The van der Waals surface area contributed by atoms with Crippen LogP contribution in [0.3, 0.4) is 0 Å². The molecule has 0 unspecified atom stereocenters. The fraction of sp³-hybridized carbons (Fsp3) is 0.364. The van der Waals surface area contributed by atoms with E-state index in [1.54, 1.807) is 12.2 Å². The molecule has 0 spiro atoms. The van der Waals surface area contributed by atoms with Gasteiger partial charge < -0.3 is 11.1 Å². The second-order valence-electron chi connectivity index (χ2n) is 3.30. The van der Waals surface area contributed by atoms with Crippen LogP contribution in [0.25, 0.3) is 0 Å². The summed E-state index contributed by atoms with van der Waals surface area (Å²) in [5.41, 5.74) is 7.88. The summed E-state index contributed by atoms with van der Waals surface area (Å²) in [7, 11) is 0. The lowest BCUT2D eigenvalue weighted by molar-refractivity contribution is 0.881. The van der Waals surface area contributed by atoms with Crippen molar-refractivity contribution in [3.05, 3.63) is 36.1 Å². The SMILES string of the molecule is C=C/C=C(C)/C(N)=C/C(=N)C(C)C. The van der Waals surface area contributed by atoms with Crippen LogP contribution in [-0.2, 0) is 0 Å². The zero-order valence-electron chi connectivity index (χ0n) is 8.59. The normalized spacial score (nSPS) is 13.2. The first-order chi connectivity index (χ1) is 5.99. The van der Waals surface area contributed by atoms with Gasteiger partial charge in [-0.25, -0.2) is 0 Å². The molecule has 0 heterocycles. The highest BCUT2D eigenvalue weighted by Crippen LogP contribution is 2.05. The zero-order chi connectivity index (χ0) is 10.4. The summed E-state index contributed by atoms with van der Waals surface area (Å²) in [4.78, 5) is 0. The Hall–Kier alpha value is -1.31.